The van der Waals surface area contributed by atoms with Gasteiger partial charge in [0.15, 0.2) is 9.84 Å². The Balaban J connectivity index is 2.08. The summed E-state index contributed by atoms with van der Waals surface area (Å²) in [5.41, 5.74) is 0.0146. The summed E-state index contributed by atoms with van der Waals surface area (Å²) < 4.78 is 22.8. The van der Waals surface area contributed by atoms with Gasteiger partial charge in [-0.05, 0) is 12.1 Å². The summed E-state index contributed by atoms with van der Waals surface area (Å²) in [6.45, 7) is 0. The van der Waals surface area contributed by atoms with Crippen molar-refractivity contribution in [3.63, 3.8) is 0 Å². The molecule has 1 aliphatic heterocycles. The van der Waals surface area contributed by atoms with Crippen LogP contribution < -0.4 is 0 Å². The topological polar surface area (TPSA) is 77.3 Å². The van der Waals surface area contributed by atoms with E-state index in [0.29, 0.717) is 0 Å². The van der Waals surface area contributed by atoms with Crippen LogP contribution in [0, 0.1) is 10.1 Å². The van der Waals surface area contributed by atoms with Gasteiger partial charge in [0.05, 0.1) is 21.8 Å². The number of non-ortho nitro benzene ring substituents is 1. The van der Waals surface area contributed by atoms with Gasteiger partial charge in [-0.2, -0.15) is 0 Å². The van der Waals surface area contributed by atoms with E-state index in [1.54, 1.807) is 12.1 Å². The molecule has 0 radical (unpaired) electrons. The second-order valence-electron chi connectivity index (χ2n) is 4.00. The first kappa shape index (κ1) is 13.6. The van der Waals surface area contributed by atoms with Crippen molar-refractivity contribution in [2.24, 2.45) is 0 Å². The van der Waals surface area contributed by atoms with Gasteiger partial charge in [0, 0.05) is 22.3 Å². The van der Waals surface area contributed by atoms with Crippen LogP contribution in [0.5, 0.6) is 0 Å². The lowest BCUT2D eigenvalue weighted by molar-refractivity contribution is -0.384. The lowest BCUT2D eigenvalue weighted by atomic mass is 10.3. The maximum Gasteiger partial charge on any atom is 0.269 e. The van der Waals surface area contributed by atoms with Crippen molar-refractivity contribution in [1.82, 2.24) is 0 Å². The third-order valence-corrected chi connectivity index (χ3v) is 6.65. The summed E-state index contributed by atoms with van der Waals surface area (Å²) in [6, 6.07) is 6.01. The summed E-state index contributed by atoms with van der Waals surface area (Å²) in [4.78, 5) is 10.8. The summed E-state index contributed by atoms with van der Waals surface area (Å²) in [5.74, 6) is 0.0576. The van der Waals surface area contributed by atoms with Gasteiger partial charge in [0.1, 0.15) is 0 Å². The molecule has 98 valence electrons. The van der Waals surface area contributed by atoms with Gasteiger partial charge in [-0.1, -0.05) is 0 Å². The Bertz CT molecular complexity index is 558. The molecule has 2 rings (SSSR count). The van der Waals surface area contributed by atoms with Crippen LogP contribution in [0.3, 0.4) is 0 Å². The van der Waals surface area contributed by atoms with E-state index in [9.17, 15) is 18.5 Å². The van der Waals surface area contributed by atoms with Crippen LogP contribution in [0.15, 0.2) is 29.2 Å². The molecule has 0 bridgehead atoms. The molecule has 18 heavy (non-hydrogen) atoms. The summed E-state index contributed by atoms with van der Waals surface area (Å²) >= 11 is 7.33. The van der Waals surface area contributed by atoms with Crippen molar-refractivity contribution in [3.8, 4) is 0 Å². The Morgan fingerprint density at radius 2 is 1.89 bits per heavy atom. The fourth-order valence-electron chi connectivity index (χ4n) is 1.70. The van der Waals surface area contributed by atoms with Crippen LogP contribution in [-0.2, 0) is 9.84 Å². The molecule has 8 heteroatoms. The molecule has 5 nitrogen and oxygen atoms in total. The van der Waals surface area contributed by atoms with Gasteiger partial charge in [-0.15, -0.1) is 23.4 Å². The summed E-state index contributed by atoms with van der Waals surface area (Å²) in [5, 5.41) is 9.89. The number of sulfone groups is 1. The van der Waals surface area contributed by atoms with Gasteiger partial charge in [0.25, 0.3) is 5.69 Å². The lowest BCUT2D eigenvalue weighted by Gasteiger charge is -2.10. The van der Waals surface area contributed by atoms with E-state index in [1.807, 2.05) is 0 Å². The number of nitro groups is 1. The first-order valence-electron chi connectivity index (χ1n) is 5.13. The van der Waals surface area contributed by atoms with Crippen molar-refractivity contribution < 1.29 is 13.3 Å². The molecule has 1 fully saturated rings. The number of benzene rings is 1. The second-order valence-corrected chi connectivity index (χ2v) is 8.03. The summed E-state index contributed by atoms with van der Waals surface area (Å²) in [7, 11) is -3.05. The maximum atomic E-state index is 11.4. The molecule has 0 spiro atoms. The smallest absolute Gasteiger partial charge is 0.258 e. The number of nitrogens with zero attached hydrogens (tertiary/aromatic N) is 1. The quantitative estimate of drug-likeness (QED) is 0.485. The van der Waals surface area contributed by atoms with Crippen LogP contribution in [-0.4, -0.2) is 35.5 Å². The molecule has 1 aliphatic rings. The number of halogens is 1. The van der Waals surface area contributed by atoms with Gasteiger partial charge < -0.3 is 0 Å². The number of hydrogen-bond acceptors (Lipinski definition) is 5. The van der Waals surface area contributed by atoms with E-state index in [-0.39, 0.29) is 22.4 Å². The molecule has 0 amide bonds. The highest BCUT2D eigenvalue weighted by molar-refractivity contribution is 8.02. The second kappa shape index (κ2) is 5.07. The van der Waals surface area contributed by atoms with Crippen LogP contribution in [0.2, 0.25) is 0 Å². The fourth-order valence-corrected chi connectivity index (χ4v) is 6.12. The van der Waals surface area contributed by atoms with Gasteiger partial charge in [-0.3, -0.25) is 10.1 Å². The number of alkyl halides is 1. The van der Waals surface area contributed by atoms with Crippen molar-refractivity contribution in [2.45, 2.75) is 15.5 Å². The van der Waals surface area contributed by atoms with Gasteiger partial charge >= 0.3 is 0 Å². The molecule has 1 saturated heterocycles. The normalized spacial score (nSPS) is 26.1. The molecule has 0 aromatic heterocycles. The van der Waals surface area contributed by atoms with E-state index in [4.69, 9.17) is 11.6 Å². The minimum Gasteiger partial charge on any atom is -0.258 e. The highest BCUT2D eigenvalue weighted by Gasteiger charge is 2.36. The Kier molecular flexibility index (Phi) is 3.84. The molecule has 1 aromatic rings. The fraction of sp³-hybridized carbons (Fsp3) is 0.400. The Hall–Kier alpha value is -0.790. The molecule has 1 heterocycles. The molecule has 0 unspecified atom stereocenters. The van der Waals surface area contributed by atoms with Crippen LogP contribution in [0.1, 0.15) is 0 Å². The Labute approximate surface area is 114 Å². The predicted octanol–water partition coefficient (Wildman–Crippen LogP) is 2.09. The Morgan fingerprint density at radius 3 is 2.33 bits per heavy atom. The number of thioether (sulfide) groups is 1. The predicted molar refractivity (Wildman–Crippen MR) is 71.0 cm³/mol. The minimum absolute atomic E-state index is 0.000790. The van der Waals surface area contributed by atoms with Crippen LogP contribution in [0.4, 0.5) is 5.69 Å². The molecule has 0 N–H and O–H groups in total. The molecular formula is C10H10ClNO4S2. The standard InChI is InChI=1S/C10H10ClNO4S2/c11-9-5-18(15,16)6-10(9)17-8-3-1-7(2-4-8)12(13)14/h1-4,9-10H,5-6H2/t9-,10+/m1/s1. The zero-order valence-electron chi connectivity index (χ0n) is 9.15. The van der Waals surface area contributed by atoms with Crippen molar-refractivity contribution in [1.29, 1.82) is 0 Å². The lowest BCUT2D eigenvalue weighted by Crippen LogP contribution is -2.13. The Morgan fingerprint density at radius 1 is 1.28 bits per heavy atom. The molecular weight excluding hydrogens is 298 g/mol. The van der Waals surface area contributed by atoms with E-state index in [1.165, 1.54) is 23.9 Å². The zero-order valence-corrected chi connectivity index (χ0v) is 11.5. The third-order valence-electron chi connectivity index (χ3n) is 2.57. The number of rotatable bonds is 3. The molecule has 2 atom stereocenters. The highest BCUT2D eigenvalue weighted by Crippen LogP contribution is 2.34. The first-order valence-corrected chi connectivity index (χ1v) is 8.27. The largest absolute Gasteiger partial charge is 0.269 e. The van der Waals surface area contributed by atoms with E-state index in [2.05, 4.69) is 0 Å². The highest BCUT2D eigenvalue weighted by atomic mass is 35.5. The first-order chi connectivity index (χ1) is 8.37. The number of nitro benzene ring substituents is 1. The molecule has 0 saturated carbocycles. The zero-order chi connectivity index (χ0) is 13.3. The SMILES string of the molecule is O=[N+]([O-])c1ccc(S[C@H]2CS(=O)(=O)C[C@H]2Cl)cc1. The molecule has 0 aliphatic carbocycles. The maximum absolute atomic E-state index is 11.4. The monoisotopic (exact) mass is 307 g/mol. The minimum atomic E-state index is -3.05. The van der Waals surface area contributed by atoms with Crippen molar-refractivity contribution in [2.75, 3.05) is 11.5 Å². The van der Waals surface area contributed by atoms with Crippen molar-refractivity contribution >= 4 is 38.9 Å². The summed E-state index contributed by atoms with van der Waals surface area (Å²) in [6.07, 6.45) is 0. The van der Waals surface area contributed by atoms with E-state index < -0.39 is 20.1 Å². The van der Waals surface area contributed by atoms with Crippen LogP contribution in [0.25, 0.3) is 0 Å². The average molecular weight is 308 g/mol. The van der Waals surface area contributed by atoms with Gasteiger partial charge in [0.2, 0.25) is 0 Å². The van der Waals surface area contributed by atoms with E-state index >= 15 is 0 Å². The van der Waals surface area contributed by atoms with Gasteiger partial charge in [-0.25, -0.2) is 8.42 Å². The van der Waals surface area contributed by atoms with Crippen LogP contribution >= 0.6 is 23.4 Å². The third kappa shape index (κ3) is 3.15. The van der Waals surface area contributed by atoms with E-state index in [0.717, 1.165) is 4.90 Å². The average Bonchev–Trinajstić information content (AvgIpc) is 2.52. The molecule has 1 aromatic carbocycles. The number of hydrogen-bond donors (Lipinski definition) is 0. The van der Waals surface area contributed by atoms with Crippen molar-refractivity contribution in [3.05, 3.63) is 34.4 Å².